The number of carbonyl (C=O) groups is 3. The number of hydrogen-bond donors (Lipinski definition) is 1. The van der Waals surface area contributed by atoms with Crippen LogP contribution in [0.3, 0.4) is 0 Å². The number of rotatable bonds is 10. The summed E-state index contributed by atoms with van der Waals surface area (Å²) in [6.45, 7) is 6.65. The molecule has 5 atom stereocenters. The normalized spacial score (nSPS) is 22.4. The maximum Gasteiger partial charge on any atom is 0.269 e. The van der Waals surface area contributed by atoms with Crippen molar-refractivity contribution in [2.75, 3.05) is 23.5 Å². The van der Waals surface area contributed by atoms with E-state index in [1.807, 2.05) is 116 Å². The molecule has 12 nitrogen and oxygen atoms in total. The van der Waals surface area contributed by atoms with Crippen LogP contribution in [0.5, 0.6) is 5.75 Å². The van der Waals surface area contributed by atoms with Crippen molar-refractivity contribution in [1.82, 2.24) is 4.90 Å². The molecule has 324 valence electrons. The summed E-state index contributed by atoms with van der Waals surface area (Å²) in [4.78, 5) is 61.4. The van der Waals surface area contributed by atoms with Crippen molar-refractivity contribution in [1.29, 1.82) is 0 Å². The SMILES string of the molecule is COc1ccc([Si](C)(C)[C@@H]2[C@@H](CC(=O)N3Cc4ccccc4C[C@H]3CO)O[C@]3(C(=O)N(Cc4cccc(N5C(=O)c6cccc7cccc5c67)c4)c4ccc([N+](=O)[O-])cc43)[C@H]2C)cc1. The van der Waals surface area contributed by atoms with Gasteiger partial charge in [0.1, 0.15) is 5.75 Å². The van der Waals surface area contributed by atoms with Gasteiger partial charge >= 0.3 is 0 Å². The zero-order chi connectivity index (χ0) is 44.7. The number of nitro groups is 1. The van der Waals surface area contributed by atoms with E-state index in [2.05, 4.69) is 13.1 Å². The number of amides is 3. The molecule has 3 amide bonds. The average Bonchev–Trinajstić information content (AvgIpc) is 3.86. The minimum Gasteiger partial charge on any atom is -0.497 e. The zero-order valence-electron chi connectivity index (χ0n) is 36.1. The van der Waals surface area contributed by atoms with Crippen molar-refractivity contribution in [2.45, 2.75) is 69.2 Å². The Bertz CT molecular complexity index is 2900. The summed E-state index contributed by atoms with van der Waals surface area (Å²) in [5.74, 6) is -0.526. The number of methoxy groups -OCH3 is 1. The molecule has 1 N–H and O–H groups in total. The lowest BCUT2D eigenvalue weighted by atomic mass is 9.82. The third kappa shape index (κ3) is 6.35. The summed E-state index contributed by atoms with van der Waals surface area (Å²) in [6.07, 6.45) is -0.298. The highest BCUT2D eigenvalue weighted by molar-refractivity contribution is 6.91. The van der Waals surface area contributed by atoms with Crippen LogP contribution in [0.25, 0.3) is 10.8 Å². The van der Waals surface area contributed by atoms with Gasteiger partial charge in [-0.1, -0.05) is 98.0 Å². The Morgan fingerprint density at radius 3 is 2.38 bits per heavy atom. The molecule has 1 fully saturated rings. The first-order valence-corrected chi connectivity index (χ1v) is 24.8. The van der Waals surface area contributed by atoms with Crippen molar-refractivity contribution >= 4 is 64.5 Å². The van der Waals surface area contributed by atoms with E-state index in [0.29, 0.717) is 41.2 Å². The highest BCUT2D eigenvalue weighted by atomic mass is 28.3. The average molecular weight is 873 g/mol. The number of ether oxygens (including phenoxy) is 2. The van der Waals surface area contributed by atoms with Gasteiger partial charge in [-0.2, -0.15) is 0 Å². The fourth-order valence-electron chi connectivity index (χ4n) is 11.3. The Hall–Kier alpha value is -6.67. The lowest BCUT2D eigenvalue weighted by Crippen LogP contribution is -2.52. The molecule has 0 unspecified atom stereocenters. The summed E-state index contributed by atoms with van der Waals surface area (Å²) in [5.41, 5.74) is 3.63. The van der Waals surface area contributed by atoms with Crippen LogP contribution < -0.4 is 19.7 Å². The van der Waals surface area contributed by atoms with E-state index in [0.717, 1.165) is 38.3 Å². The second-order valence-electron chi connectivity index (χ2n) is 18.0. The largest absolute Gasteiger partial charge is 0.497 e. The monoisotopic (exact) mass is 872 g/mol. The molecular formula is C51H48N4O8Si. The second kappa shape index (κ2) is 15.5. The first-order chi connectivity index (χ1) is 30.8. The van der Waals surface area contributed by atoms with E-state index >= 15 is 4.79 Å². The molecule has 0 aliphatic carbocycles. The highest BCUT2D eigenvalue weighted by Crippen LogP contribution is 2.61. The molecule has 1 spiro atoms. The molecule has 0 bridgehead atoms. The van der Waals surface area contributed by atoms with Crippen LogP contribution in [0, 0.1) is 16.0 Å². The molecule has 0 aromatic heterocycles. The summed E-state index contributed by atoms with van der Waals surface area (Å²) in [5, 5.41) is 25.9. The van der Waals surface area contributed by atoms with Gasteiger partial charge in [-0.15, -0.1) is 0 Å². The van der Waals surface area contributed by atoms with Crippen molar-refractivity contribution in [3.63, 3.8) is 0 Å². The Morgan fingerprint density at radius 2 is 1.64 bits per heavy atom. The van der Waals surface area contributed by atoms with Crippen LogP contribution in [0.4, 0.5) is 22.7 Å². The Balaban J connectivity index is 1.04. The zero-order valence-corrected chi connectivity index (χ0v) is 37.1. The lowest BCUT2D eigenvalue weighted by Gasteiger charge is -2.39. The Labute approximate surface area is 371 Å². The standard InChI is InChI=1S/C51H48N4O8Si/c1-31-48(64(3,4)40-21-19-39(62-2)20-22-40)45(27-46(57)52-29-35-12-6-5-11-34(35)25-38(52)30-56)63-51(31)42-26-37(55(60)61)18-23-43(42)53(50(51)59)28-32-10-7-15-36(24-32)54-44-17-9-14-33-13-8-16-41(47(33)44)49(54)58/h5-24,26,31,38,45,48,56H,25,27-30H2,1-4H3/t31-,38-,45+,48-,51+/m0/s1. The number of nitro benzene ring substituents is 1. The molecule has 4 aliphatic heterocycles. The fourth-order valence-corrected chi connectivity index (χ4v) is 15.3. The molecule has 10 rings (SSSR count). The Morgan fingerprint density at radius 1 is 0.906 bits per heavy atom. The van der Waals surface area contributed by atoms with Gasteiger partial charge in [0.25, 0.3) is 17.5 Å². The fraction of sp³-hybridized carbons (Fsp3) is 0.275. The minimum absolute atomic E-state index is 0.0550. The van der Waals surface area contributed by atoms with Crippen LogP contribution >= 0.6 is 0 Å². The number of benzene rings is 6. The van der Waals surface area contributed by atoms with Crippen LogP contribution in [0.15, 0.2) is 127 Å². The summed E-state index contributed by atoms with van der Waals surface area (Å²) < 4.78 is 12.7. The van der Waals surface area contributed by atoms with Gasteiger partial charge in [0, 0.05) is 41.2 Å². The van der Waals surface area contributed by atoms with E-state index < -0.39 is 36.7 Å². The van der Waals surface area contributed by atoms with Crippen molar-refractivity contribution in [3.05, 3.63) is 165 Å². The van der Waals surface area contributed by atoms with E-state index in [9.17, 15) is 24.8 Å². The van der Waals surface area contributed by atoms with E-state index in [1.165, 1.54) is 12.1 Å². The minimum atomic E-state index is -2.70. The molecule has 6 aromatic carbocycles. The number of fused-ring (bicyclic) bond motifs is 3. The van der Waals surface area contributed by atoms with Gasteiger partial charge < -0.3 is 24.4 Å². The smallest absolute Gasteiger partial charge is 0.269 e. The molecule has 1 saturated heterocycles. The van der Waals surface area contributed by atoms with Gasteiger partial charge in [0.2, 0.25) is 5.91 Å². The van der Waals surface area contributed by atoms with Crippen LogP contribution in [0.2, 0.25) is 18.6 Å². The predicted octanol–water partition coefficient (Wildman–Crippen LogP) is 8.15. The molecule has 4 heterocycles. The van der Waals surface area contributed by atoms with Crippen LogP contribution in [-0.4, -0.2) is 66.6 Å². The van der Waals surface area contributed by atoms with Gasteiger partial charge in [0.15, 0.2) is 5.60 Å². The molecule has 13 heteroatoms. The number of nitrogens with zero attached hydrogens (tertiary/aromatic N) is 4. The lowest BCUT2D eigenvalue weighted by molar-refractivity contribution is -0.385. The van der Waals surface area contributed by atoms with Crippen LogP contribution in [-0.2, 0) is 39.4 Å². The summed E-state index contributed by atoms with van der Waals surface area (Å²) >= 11 is 0. The summed E-state index contributed by atoms with van der Waals surface area (Å²) in [6, 6.07) is 39.0. The number of non-ortho nitro benzene ring substituents is 1. The van der Waals surface area contributed by atoms with E-state index in [4.69, 9.17) is 9.47 Å². The maximum absolute atomic E-state index is 15.6. The van der Waals surface area contributed by atoms with Gasteiger partial charge in [-0.25, -0.2) is 0 Å². The third-order valence-corrected chi connectivity index (χ3v) is 18.7. The number of aliphatic hydroxyl groups is 1. The topological polar surface area (TPSA) is 143 Å². The molecule has 4 aliphatic rings. The molecule has 0 saturated carbocycles. The van der Waals surface area contributed by atoms with Crippen molar-refractivity contribution in [3.8, 4) is 5.75 Å². The van der Waals surface area contributed by atoms with E-state index in [-0.39, 0.29) is 48.5 Å². The van der Waals surface area contributed by atoms with Gasteiger partial charge in [0.05, 0.1) is 68.8 Å². The molecule has 6 aromatic rings. The van der Waals surface area contributed by atoms with Gasteiger partial charge in [-0.3, -0.25) is 29.4 Å². The number of carbonyl (C=O) groups excluding carboxylic acids is 3. The first-order valence-electron chi connectivity index (χ1n) is 21.7. The van der Waals surface area contributed by atoms with E-state index in [1.54, 1.807) is 27.9 Å². The van der Waals surface area contributed by atoms with Crippen molar-refractivity contribution < 1.29 is 33.9 Å². The predicted molar refractivity (Wildman–Crippen MR) is 247 cm³/mol. The maximum atomic E-state index is 15.6. The van der Waals surface area contributed by atoms with Crippen molar-refractivity contribution in [2.24, 2.45) is 5.92 Å². The molecule has 64 heavy (non-hydrogen) atoms. The number of aliphatic hydroxyl groups excluding tert-OH is 1. The van der Waals surface area contributed by atoms with Crippen LogP contribution in [0.1, 0.15) is 46.0 Å². The second-order valence-corrected chi connectivity index (χ2v) is 22.7. The number of anilines is 3. The number of hydrogen-bond acceptors (Lipinski definition) is 8. The quantitative estimate of drug-likeness (QED) is 0.0826. The first kappa shape index (κ1) is 41.3. The summed E-state index contributed by atoms with van der Waals surface area (Å²) in [7, 11) is -1.09. The Kier molecular flexibility index (Phi) is 10.0. The third-order valence-electron chi connectivity index (χ3n) is 14.4. The highest BCUT2D eigenvalue weighted by Gasteiger charge is 2.67. The molecular weight excluding hydrogens is 825 g/mol. The van der Waals surface area contributed by atoms with Gasteiger partial charge in [-0.05, 0) is 76.5 Å². The molecule has 0 radical (unpaired) electrons.